The maximum atomic E-state index is 12.4. The highest BCUT2D eigenvalue weighted by atomic mass is 32.1. The SMILES string of the molecule is C[C@H](NC(=O)CN1CCCC[C@@H]1c1nc2ccccc2s1)C1CC1. The van der Waals surface area contributed by atoms with Gasteiger partial charge in [0, 0.05) is 6.04 Å². The zero-order chi connectivity index (χ0) is 16.5. The zero-order valence-corrected chi connectivity index (χ0v) is 15.0. The van der Waals surface area contributed by atoms with Gasteiger partial charge in [0.2, 0.25) is 5.91 Å². The van der Waals surface area contributed by atoms with Crippen molar-refractivity contribution in [1.29, 1.82) is 0 Å². The van der Waals surface area contributed by atoms with E-state index in [4.69, 9.17) is 4.98 Å². The van der Waals surface area contributed by atoms with E-state index in [2.05, 4.69) is 35.3 Å². The predicted molar refractivity (Wildman–Crippen MR) is 98.1 cm³/mol. The topological polar surface area (TPSA) is 45.2 Å². The maximum absolute atomic E-state index is 12.4. The summed E-state index contributed by atoms with van der Waals surface area (Å²) in [4.78, 5) is 19.6. The number of benzene rings is 1. The van der Waals surface area contributed by atoms with Crippen LogP contribution in [0, 0.1) is 5.92 Å². The highest BCUT2D eigenvalue weighted by molar-refractivity contribution is 7.18. The molecule has 4 rings (SSSR count). The van der Waals surface area contributed by atoms with Crippen LogP contribution in [0.4, 0.5) is 0 Å². The van der Waals surface area contributed by atoms with Gasteiger partial charge < -0.3 is 5.32 Å². The average molecular weight is 343 g/mol. The Kier molecular flexibility index (Phi) is 4.55. The van der Waals surface area contributed by atoms with Crippen molar-refractivity contribution in [2.24, 2.45) is 5.92 Å². The molecule has 2 fully saturated rings. The van der Waals surface area contributed by atoms with Crippen molar-refractivity contribution in [2.75, 3.05) is 13.1 Å². The van der Waals surface area contributed by atoms with Gasteiger partial charge >= 0.3 is 0 Å². The molecule has 4 nitrogen and oxygen atoms in total. The van der Waals surface area contributed by atoms with Crippen LogP contribution < -0.4 is 5.32 Å². The van der Waals surface area contributed by atoms with Crippen LogP contribution in [0.5, 0.6) is 0 Å². The second-order valence-corrected chi connectivity index (χ2v) is 8.26. The van der Waals surface area contributed by atoms with Crippen LogP contribution in [-0.4, -0.2) is 34.9 Å². The lowest BCUT2D eigenvalue weighted by Crippen LogP contribution is -2.44. The monoisotopic (exact) mass is 343 g/mol. The molecule has 2 aromatic rings. The minimum absolute atomic E-state index is 0.169. The summed E-state index contributed by atoms with van der Waals surface area (Å²) in [6.45, 7) is 3.63. The van der Waals surface area contributed by atoms with Crippen LogP contribution in [0.15, 0.2) is 24.3 Å². The molecule has 1 aromatic carbocycles. The number of carbonyl (C=O) groups is 1. The van der Waals surface area contributed by atoms with Gasteiger partial charge in [-0.2, -0.15) is 0 Å². The largest absolute Gasteiger partial charge is 0.352 e. The molecule has 1 amide bonds. The minimum atomic E-state index is 0.169. The molecule has 2 atom stereocenters. The fraction of sp³-hybridized carbons (Fsp3) is 0.579. The molecule has 1 N–H and O–H groups in total. The fourth-order valence-electron chi connectivity index (χ4n) is 3.69. The molecule has 0 unspecified atom stereocenters. The van der Waals surface area contributed by atoms with Crippen molar-refractivity contribution in [3.05, 3.63) is 29.3 Å². The van der Waals surface area contributed by atoms with E-state index in [1.807, 2.05) is 6.07 Å². The standard InChI is InChI=1S/C19H25N3OS/c1-13(14-9-10-14)20-18(23)12-22-11-5-4-7-16(22)19-21-15-6-2-3-8-17(15)24-19/h2-3,6,8,13-14,16H,4-5,7,9-12H2,1H3,(H,20,23)/t13-,16+/m0/s1. The number of hydrogen-bond acceptors (Lipinski definition) is 4. The third-order valence-corrected chi connectivity index (χ3v) is 6.41. The van der Waals surface area contributed by atoms with E-state index in [0.29, 0.717) is 18.5 Å². The number of rotatable bonds is 5. The second kappa shape index (κ2) is 6.81. The van der Waals surface area contributed by atoms with Crippen LogP contribution >= 0.6 is 11.3 Å². The number of para-hydroxylation sites is 1. The summed E-state index contributed by atoms with van der Waals surface area (Å²) < 4.78 is 1.24. The van der Waals surface area contributed by atoms with Gasteiger partial charge in [0.25, 0.3) is 0 Å². The van der Waals surface area contributed by atoms with Crippen molar-refractivity contribution in [3.8, 4) is 0 Å². The maximum Gasteiger partial charge on any atom is 0.234 e. The van der Waals surface area contributed by atoms with E-state index in [9.17, 15) is 4.79 Å². The molecule has 1 saturated carbocycles. The molecule has 0 bridgehead atoms. The first-order chi connectivity index (χ1) is 11.7. The number of fused-ring (bicyclic) bond motifs is 1. The first-order valence-electron chi connectivity index (χ1n) is 9.09. The van der Waals surface area contributed by atoms with Gasteiger partial charge in [-0.25, -0.2) is 4.98 Å². The number of nitrogens with one attached hydrogen (secondary N) is 1. The molecular weight excluding hydrogens is 318 g/mol. The molecule has 1 aliphatic carbocycles. The molecule has 2 aliphatic rings. The van der Waals surface area contributed by atoms with Crippen molar-refractivity contribution in [3.63, 3.8) is 0 Å². The van der Waals surface area contributed by atoms with Crippen LogP contribution in [0.1, 0.15) is 50.1 Å². The fourth-order valence-corrected chi connectivity index (χ4v) is 4.83. The van der Waals surface area contributed by atoms with Crippen LogP contribution in [-0.2, 0) is 4.79 Å². The molecule has 128 valence electrons. The summed E-state index contributed by atoms with van der Waals surface area (Å²) in [6, 6.07) is 8.92. The molecule has 0 radical (unpaired) electrons. The van der Waals surface area contributed by atoms with Gasteiger partial charge in [-0.05, 0) is 57.2 Å². The Morgan fingerprint density at radius 1 is 1.33 bits per heavy atom. The van der Waals surface area contributed by atoms with E-state index in [0.717, 1.165) is 18.5 Å². The predicted octanol–water partition coefficient (Wildman–Crippen LogP) is 3.74. The summed E-state index contributed by atoms with van der Waals surface area (Å²) in [5.41, 5.74) is 1.08. The highest BCUT2D eigenvalue weighted by Gasteiger charge is 2.31. The Balaban J connectivity index is 1.46. The van der Waals surface area contributed by atoms with Crippen molar-refractivity contribution < 1.29 is 4.79 Å². The summed E-state index contributed by atoms with van der Waals surface area (Å²) in [7, 11) is 0. The summed E-state index contributed by atoms with van der Waals surface area (Å²) >= 11 is 1.78. The number of amides is 1. The van der Waals surface area contributed by atoms with Gasteiger partial charge in [-0.1, -0.05) is 18.6 Å². The van der Waals surface area contributed by atoms with E-state index >= 15 is 0 Å². The molecule has 1 aliphatic heterocycles. The molecule has 1 saturated heterocycles. The average Bonchev–Trinajstić information content (AvgIpc) is 3.34. The number of likely N-dealkylation sites (tertiary alicyclic amines) is 1. The Labute approximate surface area is 147 Å². The van der Waals surface area contributed by atoms with Crippen LogP contribution in [0.2, 0.25) is 0 Å². The van der Waals surface area contributed by atoms with Gasteiger partial charge in [-0.3, -0.25) is 9.69 Å². The van der Waals surface area contributed by atoms with Crippen LogP contribution in [0.3, 0.4) is 0 Å². The smallest absolute Gasteiger partial charge is 0.234 e. The third kappa shape index (κ3) is 3.47. The normalized spacial score (nSPS) is 23.3. The van der Waals surface area contributed by atoms with Crippen molar-refractivity contribution in [2.45, 2.75) is 51.1 Å². The van der Waals surface area contributed by atoms with Gasteiger partial charge in [0.1, 0.15) is 5.01 Å². The number of aromatic nitrogens is 1. The van der Waals surface area contributed by atoms with Gasteiger partial charge in [0.15, 0.2) is 0 Å². The van der Waals surface area contributed by atoms with Crippen molar-refractivity contribution >= 4 is 27.5 Å². The molecular formula is C19H25N3OS. The number of thiazole rings is 1. The number of hydrogen-bond donors (Lipinski definition) is 1. The summed E-state index contributed by atoms with van der Waals surface area (Å²) in [5.74, 6) is 0.873. The van der Waals surface area contributed by atoms with E-state index in [1.54, 1.807) is 11.3 Å². The lowest BCUT2D eigenvalue weighted by atomic mass is 10.0. The first kappa shape index (κ1) is 16.0. The molecule has 1 aromatic heterocycles. The summed E-state index contributed by atoms with van der Waals surface area (Å²) in [6.07, 6.45) is 6.02. The van der Waals surface area contributed by atoms with Crippen LogP contribution in [0.25, 0.3) is 10.2 Å². The Morgan fingerprint density at radius 3 is 2.96 bits per heavy atom. The van der Waals surface area contributed by atoms with Gasteiger partial charge in [-0.15, -0.1) is 11.3 Å². The summed E-state index contributed by atoms with van der Waals surface area (Å²) in [5, 5.41) is 4.36. The van der Waals surface area contributed by atoms with E-state index in [1.165, 1.54) is 35.4 Å². The highest BCUT2D eigenvalue weighted by Crippen LogP contribution is 2.35. The molecule has 24 heavy (non-hydrogen) atoms. The van der Waals surface area contributed by atoms with Gasteiger partial charge in [0.05, 0.1) is 22.8 Å². The lowest BCUT2D eigenvalue weighted by molar-refractivity contribution is -0.123. The lowest BCUT2D eigenvalue weighted by Gasteiger charge is -2.34. The van der Waals surface area contributed by atoms with Crippen molar-refractivity contribution in [1.82, 2.24) is 15.2 Å². The van der Waals surface area contributed by atoms with E-state index in [-0.39, 0.29) is 11.9 Å². The Morgan fingerprint density at radius 2 is 2.17 bits per heavy atom. The molecule has 2 heterocycles. The molecule has 0 spiro atoms. The first-order valence-corrected chi connectivity index (χ1v) is 9.91. The quantitative estimate of drug-likeness (QED) is 0.899. The minimum Gasteiger partial charge on any atom is -0.352 e. The number of carbonyl (C=O) groups excluding carboxylic acids is 1. The number of nitrogens with zero attached hydrogens (tertiary/aromatic N) is 2. The second-order valence-electron chi connectivity index (χ2n) is 7.20. The Bertz CT molecular complexity index is 691. The number of piperidine rings is 1. The molecule has 5 heteroatoms. The van der Waals surface area contributed by atoms with E-state index < -0.39 is 0 Å². The Hall–Kier alpha value is -1.46. The third-order valence-electron chi connectivity index (χ3n) is 5.27. The zero-order valence-electron chi connectivity index (χ0n) is 14.2.